The molecule has 7 nitrogen and oxygen atoms in total. The zero-order chi connectivity index (χ0) is 28.0. The number of hydrogen-bond acceptors (Lipinski definition) is 5. The van der Waals surface area contributed by atoms with Gasteiger partial charge in [-0.3, -0.25) is 24.2 Å². The van der Waals surface area contributed by atoms with Gasteiger partial charge < -0.3 is 10.1 Å². The first-order chi connectivity index (χ1) is 18.5. The summed E-state index contributed by atoms with van der Waals surface area (Å²) in [5, 5.41) is 3.59. The number of alkyl halides is 2. The summed E-state index contributed by atoms with van der Waals surface area (Å²) >= 11 is 19.1. The molecular weight excluding hydrogens is 575 g/mol. The highest BCUT2D eigenvalue weighted by Gasteiger charge is 2.72. The Balaban J connectivity index is 1.57. The molecule has 3 amide bonds. The Morgan fingerprint density at radius 2 is 1.79 bits per heavy atom. The molecule has 0 bridgehead atoms. The van der Waals surface area contributed by atoms with Gasteiger partial charge in [0.2, 0.25) is 24.1 Å². The molecule has 206 valence electrons. The molecule has 4 aliphatic rings. The second-order valence-corrected chi connectivity index (χ2v) is 12.0. The number of halogens is 5. The van der Waals surface area contributed by atoms with Crippen molar-refractivity contribution in [3.05, 3.63) is 51.0 Å². The number of methoxy groups -OCH3 is 1. The minimum absolute atomic E-state index is 0.00312. The highest BCUT2D eigenvalue weighted by atomic mass is 35.5. The summed E-state index contributed by atoms with van der Waals surface area (Å²) in [7, 11) is 1.44. The van der Waals surface area contributed by atoms with E-state index >= 15 is 0 Å². The molecule has 6 unspecified atom stereocenters. The number of nitrogens with zero attached hydrogens (tertiary/aromatic N) is 2. The van der Waals surface area contributed by atoms with Gasteiger partial charge in [0.05, 0.1) is 29.4 Å². The molecule has 12 heteroatoms. The lowest BCUT2D eigenvalue weighted by Crippen LogP contribution is -2.53. The number of fused-ring (bicyclic) bond motifs is 7. The van der Waals surface area contributed by atoms with Crippen LogP contribution < -0.4 is 15.0 Å². The van der Waals surface area contributed by atoms with Crippen molar-refractivity contribution in [2.24, 2.45) is 23.7 Å². The van der Waals surface area contributed by atoms with E-state index < -0.39 is 59.4 Å². The third-order valence-electron chi connectivity index (χ3n) is 8.73. The molecule has 1 N–H and O–H groups in total. The summed E-state index contributed by atoms with van der Waals surface area (Å²) in [5.41, 5.74) is -0.485. The van der Waals surface area contributed by atoms with Gasteiger partial charge in [-0.25, -0.2) is 8.78 Å². The van der Waals surface area contributed by atoms with E-state index in [2.05, 4.69) is 5.32 Å². The average molecular weight is 599 g/mol. The summed E-state index contributed by atoms with van der Waals surface area (Å²) in [5.74, 6) is -4.31. The van der Waals surface area contributed by atoms with E-state index in [1.165, 1.54) is 25.3 Å². The van der Waals surface area contributed by atoms with E-state index in [0.29, 0.717) is 17.0 Å². The van der Waals surface area contributed by atoms with Gasteiger partial charge in [-0.2, -0.15) is 0 Å². The second-order valence-electron chi connectivity index (χ2n) is 10.7. The number of anilines is 2. The van der Waals surface area contributed by atoms with E-state index in [1.54, 1.807) is 17.0 Å². The van der Waals surface area contributed by atoms with Crippen molar-refractivity contribution in [2.45, 2.75) is 37.8 Å². The van der Waals surface area contributed by atoms with Crippen LogP contribution in [0.15, 0.2) is 30.3 Å². The van der Waals surface area contributed by atoms with Crippen LogP contribution in [0.4, 0.5) is 20.2 Å². The van der Waals surface area contributed by atoms with Gasteiger partial charge >= 0.3 is 0 Å². The third kappa shape index (κ3) is 3.73. The van der Waals surface area contributed by atoms with Crippen molar-refractivity contribution < 1.29 is 27.9 Å². The van der Waals surface area contributed by atoms with Crippen molar-refractivity contribution in [1.82, 2.24) is 4.90 Å². The molecule has 2 aromatic rings. The van der Waals surface area contributed by atoms with Crippen LogP contribution in [-0.2, 0) is 19.9 Å². The minimum atomic E-state index is -2.65. The van der Waals surface area contributed by atoms with Crippen LogP contribution in [0.25, 0.3) is 0 Å². The molecule has 0 aromatic heterocycles. The van der Waals surface area contributed by atoms with Crippen molar-refractivity contribution in [3.8, 4) is 5.75 Å². The first-order valence-corrected chi connectivity index (χ1v) is 13.7. The molecule has 39 heavy (non-hydrogen) atoms. The topological polar surface area (TPSA) is 79.0 Å². The molecule has 0 saturated carbocycles. The highest BCUT2D eigenvalue weighted by molar-refractivity contribution is 6.38. The van der Waals surface area contributed by atoms with Gasteiger partial charge in [0.15, 0.2) is 0 Å². The monoisotopic (exact) mass is 597 g/mol. The molecule has 3 saturated heterocycles. The Morgan fingerprint density at radius 3 is 2.49 bits per heavy atom. The molecule has 3 fully saturated rings. The molecule has 4 heterocycles. The summed E-state index contributed by atoms with van der Waals surface area (Å²) in [6.45, 7) is 1.72. The molecule has 4 aliphatic heterocycles. The number of benzene rings is 2. The largest absolute Gasteiger partial charge is 0.497 e. The molecular formula is C27H24Cl3F2N3O4. The molecule has 0 radical (unpaired) electrons. The maximum atomic E-state index is 14.4. The quantitative estimate of drug-likeness (QED) is 0.465. The maximum Gasteiger partial charge on any atom is 0.249 e. The normalized spacial score (nSPS) is 31.9. The summed E-state index contributed by atoms with van der Waals surface area (Å²) in [6.07, 6.45) is -2.71. The van der Waals surface area contributed by atoms with Crippen molar-refractivity contribution >= 4 is 63.9 Å². The second kappa shape index (κ2) is 9.29. The Labute approximate surface area is 238 Å². The Hall–Kier alpha value is -2.46. The van der Waals surface area contributed by atoms with Gasteiger partial charge in [-0.1, -0.05) is 41.7 Å². The zero-order valence-electron chi connectivity index (χ0n) is 20.9. The van der Waals surface area contributed by atoms with E-state index in [9.17, 15) is 23.2 Å². The molecule has 2 aromatic carbocycles. The van der Waals surface area contributed by atoms with E-state index in [-0.39, 0.29) is 40.1 Å². The number of nitrogens with one attached hydrogen (secondary N) is 1. The van der Waals surface area contributed by atoms with Crippen LogP contribution in [0.1, 0.15) is 25.3 Å². The number of carbonyl (C=O) groups is 3. The molecule has 6 rings (SSSR count). The fourth-order valence-corrected chi connectivity index (χ4v) is 8.14. The minimum Gasteiger partial charge on any atom is -0.497 e. The van der Waals surface area contributed by atoms with Crippen LogP contribution in [0.2, 0.25) is 15.1 Å². The van der Waals surface area contributed by atoms with Crippen molar-refractivity contribution in [2.75, 3.05) is 23.9 Å². The first-order valence-electron chi connectivity index (χ1n) is 12.6. The van der Waals surface area contributed by atoms with Gasteiger partial charge in [-0.15, -0.1) is 0 Å². The smallest absolute Gasteiger partial charge is 0.249 e. The van der Waals surface area contributed by atoms with Gasteiger partial charge in [0, 0.05) is 52.5 Å². The lowest BCUT2D eigenvalue weighted by Gasteiger charge is -2.39. The zero-order valence-corrected chi connectivity index (χ0v) is 23.2. The summed E-state index contributed by atoms with van der Waals surface area (Å²) < 4.78 is 33.5. The Bertz CT molecular complexity index is 1420. The van der Waals surface area contributed by atoms with Crippen LogP contribution in [-0.4, -0.2) is 48.7 Å². The van der Waals surface area contributed by atoms with Crippen LogP contribution in [0.5, 0.6) is 5.75 Å². The predicted molar refractivity (Wildman–Crippen MR) is 143 cm³/mol. The van der Waals surface area contributed by atoms with Crippen LogP contribution in [0, 0.1) is 23.7 Å². The average Bonchev–Trinajstić information content (AvgIpc) is 3.48. The molecule has 0 aliphatic carbocycles. The van der Waals surface area contributed by atoms with E-state index in [1.807, 2.05) is 6.92 Å². The van der Waals surface area contributed by atoms with Crippen molar-refractivity contribution in [3.63, 3.8) is 0 Å². The highest BCUT2D eigenvalue weighted by Crippen LogP contribution is 2.63. The summed E-state index contributed by atoms with van der Waals surface area (Å²) in [6, 6.07) is 6.96. The lowest BCUT2D eigenvalue weighted by molar-refractivity contribution is -0.131. The van der Waals surface area contributed by atoms with Crippen LogP contribution in [0.3, 0.4) is 0 Å². The lowest BCUT2D eigenvalue weighted by atomic mass is 9.67. The number of rotatable bonds is 3. The maximum absolute atomic E-state index is 14.4. The molecule has 6 atom stereocenters. The number of ether oxygens (including phenoxy) is 1. The standard InChI is InChI=1S/C27H24Cl3F2N3O4/c1-11-3-20(36)35(15-5-13(28)6-16(9-15)39-2)25(37)21-19-4-12(24(31)32)10-34(19)27(22(11)21)17-7-14(29)8-18(30)23(17)33-26(27)38/h5-9,11-12,19,21-22,24H,3-4,10H2,1-2H3,(H,33,38). The number of hydrogen-bond donors (Lipinski definition) is 1. The van der Waals surface area contributed by atoms with Crippen molar-refractivity contribution in [1.29, 1.82) is 0 Å². The predicted octanol–water partition coefficient (Wildman–Crippen LogP) is 5.60. The van der Waals surface area contributed by atoms with Gasteiger partial charge in [-0.05, 0) is 36.6 Å². The number of amides is 3. The first kappa shape index (κ1) is 26.7. The van der Waals surface area contributed by atoms with Crippen LogP contribution >= 0.6 is 34.8 Å². The Kier molecular flexibility index (Phi) is 6.37. The summed E-state index contributed by atoms with van der Waals surface area (Å²) in [4.78, 5) is 44.9. The Morgan fingerprint density at radius 1 is 1.08 bits per heavy atom. The SMILES string of the molecule is COc1cc(Cl)cc(N2C(=O)CC(C)C3C(C2=O)C2CC(C(F)F)CN2C32C(=O)Nc3c(Cl)cc(Cl)cc32)c1. The third-order valence-corrected chi connectivity index (χ3v) is 9.47. The van der Waals surface area contributed by atoms with E-state index in [4.69, 9.17) is 39.5 Å². The van der Waals surface area contributed by atoms with Gasteiger partial charge in [0.1, 0.15) is 11.3 Å². The van der Waals surface area contributed by atoms with Gasteiger partial charge in [0.25, 0.3) is 0 Å². The van der Waals surface area contributed by atoms with E-state index in [0.717, 1.165) is 4.90 Å². The number of carbonyl (C=O) groups excluding carboxylic acids is 3. The number of imide groups is 1. The fourth-order valence-electron chi connectivity index (χ4n) is 7.38. The fraction of sp³-hybridized carbons (Fsp3) is 0.444. The molecule has 1 spiro atoms.